The van der Waals surface area contributed by atoms with Gasteiger partial charge in [-0.25, -0.2) is 0 Å². The zero-order chi connectivity index (χ0) is 16.2. The highest BCUT2D eigenvalue weighted by Gasteiger charge is 2.40. The molecule has 1 aromatic carbocycles. The number of aliphatic hydroxyl groups is 1. The molecule has 0 spiro atoms. The number of methoxy groups -OCH3 is 1. The molecule has 3 atom stereocenters. The average molecular weight is 306 g/mol. The van der Waals surface area contributed by atoms with Crippen molar-refractivity contribution in [1.82, 2.24) is 10.2 Å². The predicted molar refractivity (Wildman–Crippen MR) is 90.1 cm³/mol. The molecule has 0 bridgehead atoms. The van der Waals surface area contributed by atoms with Gasteiger partial charge in [-0.3, -0.25) is 0 Å². The van der Waals surface area contributed by atoms with Gasteiger partial charge in [-0.05, 0) is 57.0 Å². The van der Waals surface area contributed by atoms with Crippen LogP contribution < -0.4 is 10.1 Å². The van der Waals surface area contributed by atoms with Gasteiger partial charge in [-0.2, -0.15) is 0 Å². The Hall–Kier alpha value is -1.10. The predicted octanol–water partition coefficient (Wildman–Crippen LogP) is 2.27. The zero-order valence-electron chi connectivity index (χ0n) is 14.3. The van der Waals surface area contributed by atoms with E-state index in [1.807, 2.05) is 12.1 Å². The van der Waals surface area contributed by atoms with Gasteiger partial charge < -0.3 is 20.1 Å². The van der Waals surface area contributed by atoms with E-state index < -0.39 is 5.60 Å². The summed E-state index contributed by atoms with van der Waals surface area (Å²) < 4.78 is 5.16. The first-order valence-corrected chi connectivity index (χ1v) is 8.21. The summed E-state index contributed by atoms with van der Waals surface area (Å²) in [5.74, 6) is 1.20. The molecule has 124 valence electrons. The summed E-state index contributed by atoms with van der Waals surface area (Å²) in [5.41, 5.74) is 0.691. The maximum Gasteiger partial charge on any atom is 0.118 e. The fourth-order valence-corrected chi connectivity index (χ4v) is 3.28. The number of rotatable bonds is 6. The lowest BCUT2D eigenvalue weighted by Crippen LogP contribution is -2.54. The number of hydrogen-bond donors (Lipinski definition) is 2. The first kappa shape index (κ1) is 17.3. The number of nitrogens with one attached hydrogen (secondary N) is 1. The topological polar surface area (TPSA) is 44.7 Å². The molecule has 1 aliphatic rings. The number of benzene rings is 1. The van der Waals surface area contributed by atoms with Crippen molar-refractivity contribution in [2.24, 2.45) is 5.92 Å². The molecule has 1 fully saturated rings. The second-order valence-electron chi connectivity index (χ2n) is 6.77. The van der Waals surface area contributed by atoms with Gasteiger partial charge >= 0.3 is 0 Å². The Labute approximate surface area is 134 Å². The number of hydrogen-bond acceptors (Lipinski definition) is 4. The van der Waals surface area contributed by atoms with Crippen LogP contribution in [0.3, 0.4) is 0 Å². The summed E-state index contributed by atoms with van der Waals surface area (Å²) >= 11 is 0. The Bertz CT molecular complexity index is 463. The average Bonchev–Trinajstić information content (AvgIpc) is 2.50. The number of nitrogens with zero attached hydrogens (tertiary/aromatic N) is 1. The lowest BCUT2D eigenvalue weighted by atomic mass is 9.77. The van der Waals surface area contributed by atoms with Crippen LogP contribution in [-0.2, 0) is 6.54 Å². The molecule has 2 rings (SSSR count). The van der Waals surface area contributed by atoms with Gasteiger partial charge in [0, 0.05) is 19.1 Å². The van der Waals surface area contributed by atoms with E-state index in [0.717, 1.165) is 38.2 Å². The Kier molecular flexibility index (Phi) is 5.84. The maximum atomic E-state index is 10.9. The number of piperidine rings is 1. The Balaban J connectivity index is 1.77. The molecule has 0 unspecified atom stereocenters. The van der Waals surface area contributed by atoms with Crippen molar-refractivity contribution in [1.29, 1.82) is 0 Å². The van der Waals surface area contributed by atoms with Gasteiger partial charge in [0.15, 0.2) is 0 Å². The Morgan fingerprint density at radius 1 is 1.32 bits per heavy atom. The molecule has 1 saturated heterocycles. The summed E-state index contributed by atoms with van der Waals surface area (Å²) in [6, 6.07) is 8.54. The first-order valence-electron chi connectivity index (χ1n) is 8.21. The summed E-state index contributed by atoms with van der Waals surface area (Å²) in [5, 5.41) is 14.4. The van der Waals surface area contributed by atoms with Crippen molar-refractivity contribution in [2.75, 3.05) is 27.2 Å². The molecule has 1 heterocycles. The Morgan fingerprint density at radius 2 is 2.00 bits per heavy atom. The SMILES string of the molecule is COc1ccc(CNCC[C@@]2(O)C[C@H](C)N(C)C[C@H]2C)cc1. The molecule has 0 radical (unpaired) electrons. The van der Waals surface area contributed by atoms with Crippen LogP contribution in [0.5, 0.6) is 5.75 Å². The Morgan fingerprint density at radius 3 is 2.64 bits per heavy atom. The molecular weight excluding hydrogens is 276 g/mol. The van der Waals surface area contributed by atoms with Crippen LogP contribution in [0, 0.1) is 5.92 Å². The van der Waals surface area contributed by atoms with E-state index in [2.05, 4.69) is 43.2 Å². The minimum absolute atomic E-state index is 0.316. The maximum absolute atomic E-state index is 10.9. The molecule has 1 aromatic rings. The number of ether oxygens (including phenoxy) is 1. The second-order valence-corrected chi connectivity index (χ2v) is 6.77. The van der Waals surface area contributed by atoms with E-state index in [1.165, 1.54) is 5.56 Å². The van der Waals surface area contributed by atoms with Gasteiger partial charge in [0.05, 0.1) is 12.7 Å². The largest absolute Gasteiger partial charge is 0.497 e. The summed E-state index contributed by atoms with van der Waals surface area (Å²) in [4.78, 5) is 2.34. The molecule has 22 heavy (non-hydrogen) atoms. The minimum Gasteiger partial charge on any atom is -0.497 e. The minimum atomic E-state index is -0.543. The molecule has 1 aliphatic heterocycles. The van der Waals surface area contributed by atoms with Crippen LogP contribution in [0.1, 0.15) is 32.3 Å². The highest BCUT2D eigenvalue weighted by atomic mass is 16.5. The van der Waals surface area contributed by atoms with Crippen molar-refractivity contribution in [2.45, 2.75) is 44.9 Å². The van der Waals surface area contributed by atoms with Crippen molar-refractivity contribution >= 4 is 0 Å². The second kappa shape index (κ2) is 7.44. The van der Waals surface area contributed by atoms with E-state index >= 15 is 0 Å². The van der Waals surface area contributed by atoms with E-state index in [9.17, 15) is 5.11 Å². The molecular formula is C18H30N2O2. The van der Waals surface area contributed by atoms with Gasteiger partial charge in [0.1, 0.15) is 5.75 Å². The van der Waals surface area contributed by atoms with Crippen molar-refractivity contribution < 1.29 is 9.84 Å². The molecule has 0 amide bonds. The normalized spacial score (nSPS) is 29.5. The van der Waals surface area contributed by atoms with E-state index in [1.54, 1.807) is 7.11 Å². The van der Waals surface area contributed by atoms with Crippen LogP contribution in [0.25, 0.3) is 0 Å². The highest BCUT2D eigenvalue weighted by Crippen LogP contribution is 2.33. The molecule has 0 aromatic heterocycles. The first-order chi connectivity index (χ1) is 10.4. The summed E-state index contributed by atoms with van der Waals surface area (Å²) in [6.07, 6.45) is 1.66. The third-order valence-electron chi connectivity index (χ3n) is 5.10. The van der Waals surface area contributed by atoms with Crippen molar-refractivity contribution in [3.8, 4) is 5.75 Å². The quantitative estimate of drug-likeness (QED) is 0.792. The summed E-state index contributed by atoms with van der Waals surface area (Å²) in [6.45, 7) is 6.98. The standard InChI is InChI=1S/C18H30N2O2/c1-14-13-20(3)15(2)11-18(14,21)9-10-19-12-16-5-7-17(22-4)8-6-16/h5-8,14-15,19,21H,9-13H2,1-4H3/t14-,15+,18-/m1/s1. The number of likely N-dealkylation sites (tertiary alicyclic amines) is 1. The third kappa shape index (κ3) is 4.22. The highest BCUT2D eigenvalue weighted by molar-refractivity contribution is 5.26. The van der Waals surface area contributed by atoms with Gasteiger partial charge in [-0.15, -0.1) is 0 Å². The van der Waals surface area contributed by atoms with Gasteiger partial charge in [-0.1, -0.05) is 19.1 Å². The van der Waals surface area contributed by atoms with E-state index in [-0.39, 0.29) is 0 Å². The lowest BCUT2D eigenvalue weighted by molar-refractivity contribution is -0.0831. The van der Waals surface area contributed by atoms with Gasteiger partial charge in [0.25, 0.3) is 0 Å². The van der Waals surface area contributed by atoms with Crippen LogP contribution in [0.15, 0.2) is 24.3 Å². The van der Waals surface area contributed by atoms with Crippen LogP contribution >= 0.6 is 0 Å². The van der Waals surface area contributed by atoms with Crippen LogP contribution in [-0.4, -0.2) is 48.9 Å². The van der Waals surface area contributed by atoms with E-state index in [4.69, 9.17) is 4.74 Å². The lowest BCUT2D eigenvalue weighted by Gasteiger charge is -2.46. The zero-order valence-corrected chi connectivity index (χ0v) is 14.3. The van der Waals surface area contributed by atoms with Gasteiger partial charge in [0.2, 0.25) is 0 Å². The van der Waals surface area contributed by atoms with Crippen molar-refractivity contribution in [3.63, 3.8) is 0 Å². The van der Waals surface area contributed by atoms with Crippen LogP contribution in [0.4, 0.5) is 0 Å². The van der Waals surface area contributed by atoms with Crippen LogP contribution in [0.2, 0.25) is 0 Å². The monoisotopic (exact) mass is 306 g/mol. The van der Waals surface area contributed by atoms with Crippen molar-refractivity contribution in [3.05, 3.63) is 29.8 Å². The van der Waals surface area contributed by atoms with E-state index in [0.29, 0.717) is 12.0 Å². The molecule has 0 saturated carbocycles. The smallest absolute Gasteiger partial charge is 0.118 e. The molecule has 2 N–H and O–H groups in total. The third-order valence-corrected chi connectivity index (χ3v) is 5.10. The summed E-state index contributed by atoms with van der Waals surface area (Å²) in [7, 11) is 3.82. The fourth-order valence-electron chi connectivity index (χ4n) is 3.28. The fraction of sp³-hybridized carbons (Fsp3) is 0.667. The molecule has 4 nitrogen and oxygen atoms in total. The molecule has 4 heteroatoms. The molecule has 0 aliphatic carbocycles.